The molecule has 9 heteroatoms. The van der Waals surface area contributed by atoms with Crippen LogP contribution in [0.25, 0.3) is 21.6 Å². The molecular formula is C17H11N5O3S. The van der Waals surface area contributed by atoms with Crippen LogP contribution in [-0.4, -0.2) is 30.5 Å². The van der Waals surface area contributed by atoms with Gasteiger partial charge in [0, 0.05) is 18.0 Å². The number of anilines is 1. The second kappa shape index (κ2) is 6.05. The summed E-state index contributed by atoms with van der Waals surface area (Å²) in [6, 6.07) is 3.60. The highest BCUT2D eigenvalue weighted by molar-refractivity contribution is 7.19. The zero-order valence-corrected chi connectivity index (χ0v) is 14.0. The minimum absolute atomic E-state index is 0.127. The van der Waals surface area contributed by atoms with Crippen LogP contribution in [0.4, 0.5) is 5.82 Å². The summed E-state index contributed by atoms with van der Waals surface area (Å²) in [5.41, 5.74) is 7.03. The number of hydrogen-bond acceptors (Lipinski definition) is 8. The predicted octanol–water partition coefficient (Wildman–Crippen LogP) is 1.76. The van der Waals surface area contributed by atoms with Crippen molar-refractivity contribution in [1.82, 2.24) is 19.6 Å². The molecule has 0 spiro atoms. The van der Waals surface area contributed by atoms with Crippen LogP contribution in [0.2, 0.25) is 0 Å². The van der Waals surface area contributed by atoms with Crippen molar-refractivity contribution in [2.75, 3.05) is 5.73 Å². The van der Waals surface area contributed by atoms with Crippen molar-refractivity contribution in [3.63, 3.8) is 0 Å². The summed E-state index contributed by atoms with van der Waals surface area (Å²) in [5.74, 6) is -0.774. The molecule has 3 N–H and O–H groups in total. The lowest BCUT2D eigenvalue weighted by Crippen LogP contribution is -2.17. The lowest BCUT2D eigenvalue weighted by molar-refractivity contribution is -0.113. The molecule has 26 heavy (non-hydrogen) atoms. The van der Waals surface area contributed by atoms with E-state index in [1.165, 1.54) is 40.2 Å². The Morgan fingerprint density at radius 3 is 2.69 bits per heavy atom. The van der Waals surface area contributed by atoms with Gasteiger partial charge < -0.3 is 10.8 Å². The van der Waals surface area contributed by atoms with Crippen LogP contribution in [0.3, 0.4) is 0 Å². The molecule has 0 unspecified atom stereocenters. The zero-order valence-electron chi connectivity index (χ0n) is 13.2. The number of aliphatic hydroxyl groups is 1. The zero-order chi connectivity index (χ0) is 18.3. The number of aliphatic hydroxyl groups excluding tert-OH is 1. The average Bonchev–Trinajstić information content (AvgIpc) is 3.06. The molecule has 0 saturated carbocycles. The molecule has 0 bridgehead atoms. The van der Waals surface area contributed by atoms with Crippen LogP contribution < -0.4 is 11.3 Å². The van der Waals surface area contributed by atoms with Crippen molar-refractivity contribution >= 4 is 34.0 Å². The number of nitrogens with zero attached hydrogens (tertiary/aromatic N) is 4. The van der Waals surface area contributed by atoms with E-state index in [-0.39, 0.29) is 11.4 Å². The number of aromatic nitrogens is 4. The minimum Gasteiger partial charge on any atom is -0.504 e. The van der Waals surface area contributed by atoms with E-state index in [0.29, 0.717) is 15.5 Å². The highest BCUT2D eigenvalue weighted by atomic mass is 32.1. The van der Waals surface area contributed by atoms with Gasteiger partial charge in [0.1, 0.15) is 10.8 Å². The van der Waals surface area contributed by atoms with Gasteiger partial charge in [-0.25, -0.2) is 0 Å². The Bertz CT molecular complexity index is 1190. The van der Waals surface area contributed by atoms with Gasteiger partial charge in [0.15, 0.2) is 5.76 Å². The van der Waals surface area contributed by atoms with Crippen molar-refractivity contribution in [3.8, 4) is 10.6 Å². The van der Waals surface area contributed by atoms with E-state index in [1.807, 2.05) is 0 Å². The Hall–Kier alpha value is -3.59. The quantitative estimate of drug-likeness (QED) is 0.709. The highest BCUT2D eigenvalue weighted by Crippen LogP contribution is 2.26. The van der Waals surface area contributed by atoms with Gasteiger partial charge in [-0.1, -0.05) is 17.4 Å². The van der Waals surface area contributed by atoms with Crippen molar-refractivity contribution in [2.24, 2.45) is 0 Å². The van der Waals surface area contributed by atoms with Gasteiger partial charge in [0.25, 0.3) is 5.56 Å². The Morgan fingerprint density at radius 2 is 1.96 bits per heavy atom. The Kier molecular flexibility index (Phi) is 3.70. The molecule has 3 heterocycles. The van der Waals surface area contributed by atoms with E-state index in [2.05, 4.69) is 15.1 Å². The van der Waals surface area contributed by atoms with Crippen LogP contribution in [0.5, 0.6) is 0 Å². The van der Waals surface area contributed by atoms with E-state index < -0.39 is 17.1 Å². The molecule has 4 rings (SSSR count). The Labute approximate surface area is 150 Å². The summed E-state index contributed by atoms with van der Waals surface area (Å²) in [7, 11) is 0. The summed E-state index contributed by atoms with van der Waals surface area (Å²) in [4.78, 5) is 32.0. The molecule has 1 aliphatic rings. The number of nitrogen functional groups attached to an aromatic ring is 1. The normalized spacial score (nSPS) is 15.6. The molecule has 1 aliphatic carbocycles. The molecule has 0 aromatic carbocycles. The number of hydrogen-bond donors (Lipinski definition) is 2. The first-order chi connectivity index (χ1) is 12.5. The summed E-state index contributed by atoms with van der Waals surface area (Å²) in [6.45, 7) is 0. The van der Waals surface area contributed by atoms with Crippen LogP contribution in [0.1, 0.15) is 5.56 Å². The predicted molar refractivity (Wildman–Crippen MR) is 97.6 cm³/mol. The lowest BCUT2D eigenvalue weighted by atomic mass is 10.1. The molecule has 0 radical (unpaired) electrons. The van der Waals surface area contributed by atoms with Gasteiger partial charge in [0.05, 0.1) is 5.56 Å². The molecule has 3 aromatic heterocycles. The van der Waals surface area contributed by atoms with E-state index in [1.54, 1.807) is 24.5 Å². The molecule has 0 amide bonds. The molecule has 3 aromatic rings. The topological polar surface area (TPSA) is 123 Å². The smallest absolute Gasteiger partial charge is 0.283 e. The van der Waals surface area contributed by atoms with Gasteiger partial charge in [-0.3, -0.25) is 14.6 Å². The summed E-state index contributed by atoms with van der Waals surface area (Å²) >= 11 is 1.24. The van der Waals surface area contributed by atoms with Gasteiger partial charge in [-0.05, 0) is 35.9 Å². The fourth-order valence-corrected chi connectivity index (χ4v) is 3.32. The first kappa shape index (κ1) is 15.9. The fourth-order valence-electron chi connectivity index (χ4n) is 2.42. The molecule has 0 saturated heterocycles. The maximum atomic E-state index is 12.4. The number of nitrogens with two attached hydrogens (primary N) is 1. The van der Waals surface area contributed by atoms with E-state index in [4.69, 9.17) is 5.73 Å². The number of ketones is 1. The first-order valence-corrected chi connectivity index (χ1v) is 8.29. The van der Waals surface area contributed by atoms with Crippen LogP contribution >= 0.6 is 11.3 Å². The number of allylic oxidation sites excluding steroid dienone is 4. The van der Waals surface area contributed by atoms with Crippen LogP contribution in [0, 0.1) is 0 Å². The van der Waals surface area contributed by atoms with Gasteiger partial charge in [0.2, 0.25) is 10.7 Å². The minimum atomic E-state index is -0.516. The Morgan fingerprint density at radius 1 is 1.19 bits per heavy atom. The maximum absolute atomic E-state index is 12.4. The molecular weight excluding hydrogens is 354 g/mol. The third-order valence-corrected chi connectivity index (χ3v) is 4.67. The van der Waals surface area contributed by atoms with Crippen molar-refractivity contribution in [1.29, 1.82) is 0 Å². The van der Waals surface area contributed by atoms with Crippen LogP contribution in [-0.2, 0) is 4.79 Å². The molecule has 8 nitrogen and oxygen atoms in total. The number of carbonyl (C=O) groups is 1. The van der Waals surface area contributed by atoms with Crippen molar-refractivity contribution in [2.45, 2.75) is 0 Å². The van der Waals surface area contributed by atoms with Crippen molar-refractivity contribution < 1.29 is 9.90 Å². The monoisotopic (exact) mass is 365 g/mol. The van der Waals surface area contributed by atoms with Gasteiger partial charge in [-0.15, -0.1) is 0 Å². The number of pyridine rings is 1. The SMILES string of the molecule is Nc1c(C=C2C=CC(=O)C(O)=C2)c(=O)nc2sc(-c3ccncc3)nn12. The molecule has 0 fully saturated rings. The third kappa shape index (κ3) is 2.70. The van der Waals surface area contributed by atoms with Crippen LogP contribution in [0.15, 0.2) is 58.9 Å². The van der Waals surface area contributed by atoms with E-state index in [9.17, 15) is 14.7 Å². The largest absolute Gasteiger partial charge is 0.504 e. The van der Waals surface area contributed by atoms with E-state index in [0.717, 1.165) is 5.56 Å². The summed E-state index contributed by atoms with van der Waals surface area (Å²) < 4.78 is 1.40. The number of rotatable bonds is 2. The average molecular weight is 365 g/mol. The highest BCUT2D eigenvalue weighted by Gasteiger charge is 2.16. The Balaban J connectivity index is 1.86. The first-order valence-electron chi connectivity index (χ1n) is 7.47. The summed E-state index contributed by atoms with van der Waals surface area (Å²) in [6.07, 6.45) is 8.71. The van der Waals surface area contributed by atoms with Gasteiger partial charge >= 0.3 is 0 Å². The number of carbonyl (C=O) groups excluding carboxylic acids is 1. The van der Waals surface area contributed by atoms with Crippen molar-refractivity contribution in [3.05, 3.63) is 70.0 Å². The van der Waals surface area contributed by atoms with Gasteiger partial charge in [-0.2, -0.15) is 14.6 Å². The standard InChI is InChI=1S/C17H11N5O3S/c18-14-11(7-9-1-2-12(23)13(24)8-9)15(25)20-17-22(14)21-16(26-17)10-3-5-19-6-4-10/h1-8,24H,18H2. The lowest BCUT2D eigenvalue weighted by Gasteiger charge is -2.05. The number of fused-ring (bicyclic) bond motifs is 1. The second-order valence-electron chi connectivity index (χ2n) is 5.42. The fraction of sp³-hybridized carbons (Fsp3) is 0. The molecule has 0 atom stereocenters. The maximum Gasteiger partial charge on any atom is 0.283 e. The molecule has 0 aliphatic heterocycles. The third-order valence-electron chi connectivity index (χ3n) is 3.71. The summed E-state index contributed by atoms with van der Waals surface area (Å²) in [5, 5.41) is 14.6. The molecule has 128 valence electrons. The second-order valence-corrected chi connectivity index (χ2v) is 6.38. The van der Waals surface area contributed by atoms with E-state index >= 15 is 0 Å².